The van der Waals surface area contributed by atoms with E-state index in [1.54, 1.807) is 0 Å². The standard InChI is InChI=1S/C13H13BO/c1-2-3-13(15)11-7-5-9-4-6-10(14)8-12(9)11/h4,6-8H,2-3,5H2,1H3. The maximum absolute atomic E-state index is 11.8. The average Bonchev–Trinajstić information content (AvgIpc) is 2.60. The van der Waals surface area contributed by atoms with E-state index in [0.717, 1.165) is 29.4 Å². The summed E-state index contributed by atoms with van der Waals surface area (Å²) < 4.78 is 0. The molecule has 1 aromatic rings. The predicted octanol–water partition coefficient (Wildman–Crippen LogP) is 1.79. The van der Waals surface area contributed by atoms with Crippen LogP contribution in [0.3, 0.4) is 0 Å². The van der Waals surface area contributed by atoms with Gasteiger partial charge in [-0.25, -0.2) is 0 Å². The van der Waals surface area contributed by atoms with E-state index in [0.29, 0.717) is 6.42 Å². The monoisotopic (exact) mass is 196 g/mol. The van der Waals surface area contributed by atoms with Gasteiger partial charge in [0, 0.05) is 12.0 Å². The molecule has 74 valence electrons. The fourth-order valence-corrected chi connectivity index (χ4v) is 1.97. The minimum Gasteiger partial charge on any atom is -0.294 e. The summed E-state index contributed by atoms with van der Waals surface area (Å²) >= 11 is 0. The van der Waals surface area contributed by atoms with Gasteiger partial charge in [-0.15, -0.1) is 0 Å². The van der Waals surface area contributed by atoms with Crippen molar-refractivity contribution in [2.24, 2.45) is 0 Å². The highest BCUT2D eigenvalue weighted by atomic mass is 16.1. The number of hydrogen-bond acceptors (Lipinski definition) is 1. The Labute approximate surface area is 91.6 Å². The number of rotatable bonds is 3. The van der Waals surface area contributed by atoms with E-state index in [4.69, 9.17) is 7.85 Å². The van der Waals surface area contributed by atoms with E-state index < -0.39 is 0 Å². The minimum absolute atomic E-state index is 0.238. The second-order valence-electron chi connectivity index (χ2n) is 3.91. The number of Topliss-reactive ketones (excluding diaryl/α,β-unsaturated/α-hetero) is 1. The third-order valence-corrected chi connectivity index (χ3v) is 2.73. The number of fused-ring (bicyclic) bond motifs is 1. The van der Waals surface area contributed by atoms with Crippen LogP contribution < -0.4 is 5.46 Å². The summed E-state index contributed by atoms with van der Waals surface area (Å²) in [5.74, 6) is 0.238. The van der Waals surface area contributed by atoms with Crippen molar-refractivity contribution < 1.29 is 4.79 Å². The number of benzene rings is 1. The predicted molar refractivity (Wildman–Crippen MR) is 63.4 cm³/mol. The van der Waals surface area contributed by atoms with Crippen LogP contribution in [-0.2, 0) is 11.2 Å². The van der Waals surface area contributed by atoms with Crippen molar-refractivity contribution in [1.82, 2.24) is 0 Å². The summed E-state index contributed by atoms with van der Waals surface area (Å²) in [5, 5.41) is 0. The lowest BCUT2D eigenvalue weighted by Gasteiger charge is -2.05. The molecule has 0 saturated heterocycles. The Balaban J connectivity index is 2.33. The molecule has 1 aliphatic rings. The number of allylic oxidation sites excluding steroid dienone is 2. The fourth-order valence-electron chi connectivity index (χ4n) is 1.97. The van der Waals surface area contributed by atoms with Crippen molar-refractivity contribution in [3.63, 3.8) is 0 Å². The summed E-state index contributed by atoms with van der Waals surface area (Å²) in [6.45, 7) is 2.02. The van der Waals surface area contributed by atoms with Gasteiger partial charge in [0.1, 0.15) is 7.85 Å². The molecular formula is C13H13BO. The van der Waals surface area contributed by atoms with Crippen LogP contribution in [0, 0.1) is 0 Å². The van der Waals surface area contributed by atoms with Crippen molar-refractivity contribution >= 4 is 24.7 Å². The molecule has 2 rings (SSSR count). The van der Waals surface area contributed by atoms with Crippen molar-refractivity contribution in [2.75, 3.05) is 0 Å². The van der Waals surface area contributed by atoms with Crippen LogP contribution in [0.15, 0.2) is 24.3 Å². The molecule has 0 heterocycles. The molecule has 0 N–H and O–H groups in total. The highest BCUT2D eigenvalue weighted by molar-refractivity contribution is 6.33. The SMILES string of the molecule is [B]c1ccc2c(c1)C(C(=O)CCC)=CC2. The van der Waals surface area contributed by atoms with Gasteiger partial charge in [-0.1, -0.05) is 36.7 Å². The van der Waals surface area contributed by atoms with Gasteiger partial charge in [-0.3, -0.25) is 4.79 Å². The minimum atomic E-state index is 0.238. The van der Waals surface area contributed by atoms with E-state index in [-0.39, 0.29) is 5.78 Å². The second-order valence-corrected chi connectivity index (χ2v) is 3.91. The van der Waals surface area contributed by atoms with Crippen LogP contribution in [-0.4, -0.2) is 13.6 Å². The van der Waals surface area contributed by atoms with Gasteiger partial charge in [0.25, 0.3) is 0 Å². The first-order valence-electron chi connectivity index (χ1n) is 5.34. The smallest absolute Gasteiger partial charge is 0.163 e. The molecule has 1 aliphatic carbocycles. The molecule has 0 atom stereocenters. The molecule has 0 aromatic heterocycles. The van der Waals surface area contributed by atoms with E-state index in [2.05, 4.69) is 0 Å². The third-order valence-electron chi connectivity index (χ3n) is 2.73. The van der Waals surface area contributed by atoms with E-state index in [9.17, 15) is 4.79 Å². The number of carbonyl (C=O) groups excluding carboxylic acids is 1. The molecule has 0 fully saturated rings. The van der Waals surface area contributed by atoms with Gasteiger partial charge < -0.3 is 0 Å². The summed E-state index contributed by atoms with van der Waals surface area (Å²) in [6, 6.07) is 5.80. The van der Waals surface area contributed by atoms with Gasteiger partial charge in [0.2, 0.25) is 0 Å². The molecule has 0 unspecified atom stereocenters. The topological polar surface area (TPSA) is 17.1 Å². The summed E-state index contributed by atoms with van der Waals surface area (Å²) in [5.41, 5.74) is 3.84. The Bertz CT molecular complexity index is 432. The first kappa shape index (κ1) is 10.2. The number of ketones is 1. The van der Waals surface area contributed by atoms with Gasteiger partial charge in [-0.05, 0) is 24.0 Å². The van der Waals surface area contributed by atoms with Crippen molar-refractivity contribution in [3.05, 3.63) is 35.4 Å². The highest BCUT2D eigenvalue weighted by Gasteiger charge is 2.18. The van der Waals surface area contributed by atoms with Crippen LogP contribution in [0.1, 0.15) is 30.9 Å². The summed E-state index contributed by atoms with van der Waals surface area (Å²) in [4.78, 5) is 11.8. The molecule has 0 amide bonds. The quantitative estimate of drug-likeness (QED) is 0.673. The zero-order valence-corrected chi connectivity index (χ0v) is 8.92. The zero-order valence-electron chi connectivity index (χ0n) is 8.92. The molecule has 0 saturated carbocycles. The second kappa shape index (κ2) is 4.05. The van der Waals surface area contributed by atoms with Crippen LogP contribution in [0.4, 0.5) is 0 Å². The maximum atomic E-state index is 11.8. The largest absolute Gasteiger partial charge is 0.294 e. The van der Waals surface area contributed by atoms with Gasteiger partial charge >= 0.3 is 0 Å². The number of hydrogen-bond donors (Lipinski definition) is 0. The summed E-state index contributed by atoms with van der Waals surface area (Å²) in [6.07, 6.45) is 4.40. The number of carbonyl (C=O) groups is 1. The normalized spacial score (nSPS) is 13.5. The Morgan fingerprint density at radius 1 is 1.47 bits per heavy atom. The Kier molecular flexibility index (Phi) is 2.76. The lowest BCUT2D eigenvalue weighted by Crippen LogP contribution is -2.06. The van der Waals surface area contributed by atoms with Crippen LogP contribution >= 0.6 is 0 Å². The van der Waals surface area contributed by atoms with Crippen LogP contribution in [0.25, 0.3) is 5.57 Å². The first-order chi connectivity index (χ1) is 7.22. The fraction of sp³-hybridized carbons (Fsp3) is 0.308. The Morgan fingerprint density at radius 2 is 2.27 bits per heavy atom. The lowest BCUT2D eigenvalue weighted by atomic mass is 9.90. The van der Waals surface area contributed by atoms with Crippen molar-refractivity contribution in [2.45, 2.75) is 26.2 Å². The zero-order chi connectivity index (χ0) is 10.8. The van der Waals surface area contributed by atoms with E-state index in [1.165, 1.54) is 5.56 Å². The molecule has 1 aromatic carbocycles. The van der Waals surface area contributed by atoms with E-state index >= 15 is 0 Å². The van der Waals surface area contributed by atoms with Gasteiger partial charge in [0.05, 0.1) is 0 Å². The molecule has 0 aliphatic heterocycles. The van der Waals surface area contributed by atoms with Crippen molar-refractivity contribution in [3.8, 4) is 0 Å². The Morgan fingerprint density at radius 3 is 3.00 bits per heavy atom. The first-order valence-corrected chi connectivity index (χ1v) is 5.34. The molecule has 15 heavy (non-hydrogen) atoms. The van der Waals surface area contributed by atoms with Crippen LogP contribution in [0.5, 0.6) is 0 Å². The molecule has 2 heteroatoms. The van der Waals surface area contributed by atoms with Gasteiger partial charge in [-0.2, -0.15) is 0 Å². The third kappa shape index (κ3) is 1.89. The average molecular weight is 196 g/mol. The highest BCUT2D eigenvalue weighted by Crippen LogP contribution is 2.28. The molecular weight excluding hydrogens is 183 g/mol. The summed E-state index contributed by atoms with van der Waals surface area (Å²) in [7, 11) is 5.73. The Hall–Kier alpha value is -1.31. The molecule has 0 bridgehead atoms. The van der Waals surface area contributed by atoms with Crippen molar-refractivity contribution in [1.29, 1.82) is 0 Å². The van der Waals surface area contributed by atoms with E-state index in [1.807, 2.05) is 31.2 Å². The molecule has 2 radical (unpaired) electrons. The molecule has 1 nitrogen and oxygen atoms in total. The van der Waals surface area contributed by atoms with Gasteiger partial charge in [0.15, 0.2) is 5.78 Å². The molecule has 0 spiro atoms. The van der Waals surface area contributed by atoms with Crippen LogP contribution in [0.2, 0.25) is 0 Å². The maximum Gasteiger partial charge on any atom is 0.163 e. The lowest BCUT2D eigenvalue weighted by molar-refractivity contribution is -0.113.